The van der Waals surface area contributed by atoms with E-state index >= 15 is 0 Å². The van der Waals surface area contributed by atoms with Gasteiger partial charge in [0.05, 0.1) is 6.04 Å². The molecule has 22 heavy (non-hydrogen) atoms. The maximum absolute atomic E-state index is 3.69. The largest absolute Gasteiger partial charge is 0.377 e. The highest BCUT2D eigenvalue weighted by molar-refractivity contribution is 5.13. The Hall–Kier alpha value is -1.66. The Morgan fingerprint density at radius 1 is 1.27 bits per heavy atom. The highest BCUT2D eigenvalue weighted by Gasteiger charge is 2.10. The van der Waals surface area contributed by atoms with Crippen LogP contribution in [0.3, 0.4) is 0 Å². The van der Waals surface area contributed by atoms with Crippen molar-refractivity contribution in [3.05, 3.63) is 54.1 Å². The maximum Gasteiger partial charge on any atom is 0.0539 e. The van der Waals surface area contributed by atoms with Crippen LogP contribution >= 0.6 is 0 Å². The topological polar surface area (TPSA) is 6.48 Å². The van der Waals surface area contributed by atoms with Crippen molar-refractivity contribution in [2.24, 2.45) is 0 Å². The van der Waals surface area contributed by atoms with Crippen LogP contribution in [0.1, 0.15) is 47.5 Å². The first-order chi connectivity index (χ1) is 10.5. The van der Waals surface area contributed by atoms with Gasteiger partial charge in [0.2, 0.25) is 0 Å². The summed E-state index contributed by atoms with van der Waals surface area (Å²) in [5.74, 6) is 0. The average Bonchev–Trinajstić information content (AvgIpc) is 2.51. The van der Waals surface area contributed by atoms with Gasteiger partial charge in [0, 0.05) is 25.8 Å². The van der Waals surface area contributed by atoms with Gasteiger partial charge in [0.25, 0.3) is 0 Å². The molecule has 124 valence electrons. The molecule has 0 saturated carbocycles. The molecule has 2 nitrogen and oxygen atoms in total. The van der Waals surface area contributed by atoms with Gasteiger partial charge in [0.15, 0.2) is 0 Å². The molecule has 0 fully saturated rings. The van der Waals surface area contributed by atoms with Gasteiger partial charge in [-0.25, -0.2) is 0 Å². The molecule has 0 aromatic rings. The zero-order chi connectivity index (χ0) is 17.0. The Morgan fingerprint density at radius 2 is 1.95 bits per heavy atom. The minimum atomic E-state index is 0.342. The molecule has 2 heteroatoms. The predicted octanol–water partition coefficient (Wildman–Crippen LogP) is 5.13. The van der Waals surface area contributed by atoms with Gasteiger partial charge < -0.3 is 9.80 Å². The molecule has 1 atom stereocenters. The lowest BCUT2D eigenvalue weighted by molar-refractivity contribution is 0.353. The summed E-state index contributed by atoms with van der Waals surface area (Å²) >= 11 is 0. The molecule has 0 N–H and O–H groups in total. The third-order valence-corrected chi connectivity index (χ3v) is 3.92. The lowest BCUT2D eigenvalue weighted by Crippen LogP contribution is -2.28. The number of hydrogen-bond acceptors (Lipinski definition) is 2. The molecule has 1 unspecified atom stereocenters. The Balaban J connectivity index is 4.64. The fourth-order valence-electron chi connectivity index (χ4n) is 2.25. The maximum atomic E-state index is 3.69. The smallest absolute Gasteiger partial charge is 0.0539 e. The van der Waals surface area contributed by atoms with Crippen LogP contribution in [-0.4, -0.2) is 36.0 Å². The standard InChI is InChI=1S/C20H34N2/c1-8-11-13-18(4)20(6)21(7)19(5)14-12-17-22(15-9-2)16-10-3/h8-9,11,14-15,20H,1,10,12,16-17H2,2-7H3/b15-9-,19-14+. The van der Waals surface area contributed by atoms with Crippen molar-refractivity contribution in [1.29, 1.82) is 0 Å². The van der Waals surface area contributed by atoms with Gasteiger partial charge in [-0.3, -0.25) is 0 Å². The third-order valence-electron chi connectivity index (χ3n) is 3.92. The number of hydrogen-bond donors (Lipinski definition) is 0. The van der Waals surface area contributed by atoms with Crippen molar-refractivity contribution in [2.45, 2.75) is 53.5 Å². The number of likely N-dealkylation sites (N-methyl/N-ethyl adjacent to an activating group) is 1. The quantitative estimate of drug-likeness (QED) is 0.407. The van der Waals surface area contributed by atoms with E-state index in [1.807, 2.05) is 6.08 Å². The molecule has 0 bridgehead atoms. The molecular formula is C20H34N2. The second-order valence-electron chi connectivity index (χ2n) is 5.67. The van der Waals surface area contributed by atoms with E-state index in [1.165, 1.54) is 17.7 Å². The fraction of sp³-hybridized carbons (Fsp3) is 0.550. The van der Waals surface area contributed by atoms with Crippen LogP contribution in [0.25, 0.3) is 0 Å². The number of rotatable bonds is 10. The summed E-state index contributed by atoms with van der Waals surface area (Å²) in [5, 5.41) is 0. The average molecular weight is 303 g/mol. The molecule has 0 heterocycles. The Bertz CT molecular complexity index is 437. The van der Waals surface area contributed by atoms with E-state index in [2.05, 4.69) is 82.1 Å². The van der Waals surface area contributed by atoms with Crippen molar-refractivity contribution in [3.63, 3.8) is 0 Å². The van der Waals surface area contributed by atoms with Crippen LogP contribution in [0, 0.1) is 0 Å². The van der Waals surface area contributed by atoms with Gasteiger partial charge in [-0.05, 0) is 58.4 Å². The molecule has 0 aliphatic carbocycles. The van der Waals surface area contributed by atoms with E-state index in [1.54, 1.807) is 6.08 Å². The Kier molecular flexibility index (Phi) is 11.0. The van der Waals surface area contributed by atoms with Crippen LogP contribution in [0.5, 0.6) is 0 Å². The van der Waals surface area contributed by atoms with Gasteiger partial charge in [-0.1, -0.05) is 31.7 Å². The molecule has 0 aromatic carbocycles. The first-order valence-electron chi connectivity index (χ1n) is 8.28. The molecule has 0 radical (unpaired) electrons. The molecule has 0 aliphatic rings. The summed E-state index contributed by atoms with van der Waals surface area (Å²) in [6, 6.07) is 0.342. The summed E-state index contributed by atoms with van der Waals surface area (Å²) in [4.78, 5) is 4.68. The second-order valence-corrected chi connectivity index (χ2v) is 5.67. The lowest BCUT2D eigenvalue weighted by Gasteiger charge is -2.28. The molecule has 0 amide bonds. The van der Waals surface area contributed by atoms with Crippen molar-refractivity contribution in [2.75, 3.05) is 20.1 Å². The van der Waals surface area contributed by atoms with Crippen molar-refractivity contribution in [3.8, 4) is 0 Å². The molecule has 0 aliphatic heterocycles. The van der Waals surface area contributed by atoms with E-state index in [0.717, 1.165) is 19.5 Å². The van der Waals surface area contributed by atoms with Gasteiger partial charge in [-0.15, -0.1) is 5.73 Å². The van der Waals surface area contributed by atoms with Gasteiger partial charge in [-0.2, -0.15) is 0 Å². The Labute approximate surface area is 138 Å². The minimum absolute atomic E-state index is 0.342. The summed E-state index contributed by atoms with van der Waals surface area (Å²) in [5.41, 5.74) is 5.79. The lowest BCUT2D eigenvalue weighted by atomic mass is 10.1. The molecule has 0 spiro atoms. The SMILES string of the molecule is C=CC=C=C(C)C(C)N(C)/C(C)=C/CCN(/C=C\C)CCC. The zero-order valence-electron chi connectivity index (χ0n) is 15.4. The first-order valence-corrected chi connectivity index (χ1v) is 8.28. The van der Waals surface area contributed by atoms with Crippen LogP contribution in [0.15, 0.2) is 54.1 Å². The van der Waals surface area contributed by atoms with Crippen molar-refractivity contribution < 1.29 is 0 Å². The summed E-state index contributed by atoms with van der Waals surface area (Å²) < 4.78 is 0. The normalized spacial score (nSPS) is 12.7. The molecule has 0 saturated heterocycles. The number of allylic oxidation sites excluding steroid dienone is 3. The Morgan fingerprint density at radius 3 is 2.50 bits per heavy atom. The second kappa shape index (κ2) is 11.9. The zero-order valence-corrected chi connectivity index (χ0v) is 15.4. The molecular weight excluding hydrogens is 268 g/mol. The van der Waals surface area contributed by atoms with Gasteiger partial charge in [0.1, 0.15) is 0 Å². The summed E-state index contributed by atoms with van der Waals surface area (Å²) in [6.07, 6.45) is 12.5. The van der Waals surface area contributed by atoms with E-state index in [-0.39, 0.29) is 0 Å². The molecule has 0 aromatic heterocycles. The fourth-order valence-corrected chi connectivity index (χ4v) is 2.25. The molecule has 0 rings (SSSR count). The monoisotopic (exact) mass is 302 g/mol. The highest BCUT2D eigenvalue weighted by Crippen LogP contribution is 2.13. The van der Waals surface area contributed by atoms with E-state index in [0.29, 0.717) is 6.04 Å². The first kappa shape index (κ1) is 20.3. The van der Waals surface area contributed by atoms with Crippen LogP contribution < -0.4 is 0 Å². The van der Waals surface area contributed by atoms with Crippen LogP contribution in [0.2, 0.25) is 0 Å². The minimum Gasteiger partial charge on any atom is -0.377 e. The van der Waals surface area contributed by atoms with Crippen LogP contribution in [-0.2, 0) is 0 Å². The van der Waals surface area contributed by atoms with E-state index < -0.39 is 0 Å². The summed E-state index contributed by atoms with van der Waals surface area (Å²) in [6.45, 7) is 16.7. The van der Waals surface area contributed by atoms with Crippen molar-refractivity contribution >= 4 is 0 Å². The van der Waals surface area contributed by atoms with Crippen molar-refractivity contribution in [1.82, 2.24) is 9.80 Å². The highest BCUT2D eigenvalue weighted by atomic mass is 15.1. The predicted molar refractivity (Wildman–Crippen MR) is 99.7 cm³/mol. The van der Waals surface area contributed by atoms with Crippen LogP contribution in [0.4, 0.5) is 0 Å². The summed E-state index contributed by atoms with van der Waals surface area (Å²) in [7, 11) is 2.14. The van der Waals surface area contributed by atoms with E-state index in [9.17, 15) is 0 Å². The van der Waals surface area contributed by atoms with Gasteiger partial charge >= 0.3 is 0 Å². The number of nitrogens with zero attached hydrogens (tertiary/aromatic N) is 2. The third kappa shape index (κ3) is 7.95. The van der Waals surface area contributed by atoms with E-state index in [4.69, 9.17) is 0 Å².